The maximum Gasteiger partial charge on any atom is 0.417 e. The van der Waals surface area contributed by atoms with Crippen LogP contribution < -0.4 is 5.73 Å². The van der Waals surface area contributed by atoms with Crippen molar-refractivity contribution in [2.75, 3.05) is 21.1 Å². The van der Waals surface area contributed by atoms with Crippen LogP contribution >= 0.6 is 0 Å². The summed E-state index contributed by atoms with van der Waals surface area (Å²) in [6.45, 7) is 1.80. The smallest absolute Gasteiger partial charge is 0.417 e. The van der Waals surface area contributed by atoms with Gasteiger partial charge in [0.25, 0.3) is 5.91 Å². The third-order valence-corrected chi connectivity index (χ3v) is 9.51. The summed E-state index contributed by atoms with van der Waals surface area (Å²) in [7, 11) is 4.64. The van der Waals surface area contributed by atoms with Crippen molar-refractivity contribution in [3.8, 4) is 5.75 Å². The fourth-order valence-electron chi connectivity index (χ4n) is 7.22. The van der Waals surface area contributed by atoms with Crippen LogP contribution in [0.2, 0.25) is 0 Å². The average molecular weight is 594 g/mol. The SMILES string of the molecule is C[C@H](C1CC1)N(C)Cc1cc(O)c2c(c1C(F)(F)F)C[C@H]1C[C@H]3[C@H](N(C)C)C(O)=C(C(N)=O)C(=O)[C@@]3(O)C(O)=C1C2=O. The van der Waals surface area contributed by atoms with Gasteiger partial charge in [0.1, 0.15) is 22.8 Å². The number of nitrogens with two attached hydrogens (primary N) is 1. The maximum atomic E-state index is 14.7. The summed E-state index contributed by atoms with van der Waals surface area (Å²) in [5.74, 6) is -8.60. The summed E-state index contributed by atoms with van der Waals surface area (Å²) < 4.78 is 44.1. The molecule has 6 N–H and O–H groups in total. The van der Waals surface area contributed by atoms with Crippen LogP contribution in [0.25, 0.3) is 0 Å². The highest BCUT2D eigenvalue weighted by atomic mass is 19.4. The number of halogens is 3. The van der Waals surface area contributed by atoms with Crippen molar-refractivity contribution in [1.82, 2.24) is 9.80 Å². The summed E-state index contributed by atoms with van der Waals surface area (Å²) in [5.41, 5.74) is -1.35. The Bertz CT molecular complexity index is 1460. The molecule has 0 bridgehead atoms. The van der Waals surface area contributed by atoms with Crippen LogP contribution in [0.5, 0.6) is 5.75 Å². The van der Waals surface area contributed by atoms with Crippen molar-refractivity contribution < 1.29 is 48.0 Å². The largest absolute Gasteiger partial charge is 0.510 e. The molecule has 5 atom stereocenters. The summed E-state index contributed by atoms with van der Waals surface area (Å²) in [4.78, 5) is 42.4. The van der Waals surface area contributed by atoms with Crippen molar-refractivity contribution in [2.45, 2.75) is 63.0 Å². The van der Waals surface area contributed by atoms with Gasteiger partial charge in [0.05, 0.1) is 17.2 Å². The second-order valence-corrected chi connectivity index (χ2v) is 12.2. The predicted molar refractivity (Wildman–Crippen MR) is 142 cm³/mol. The van der Waals surface area contributed by atoms with Crippen LogP contribution in [0.15, 0.2) is 28.7 Å². The molecular weight excluding hydrogens is 559 g/mol. The number of carbonyl (C=O) groups is 3. The molecule has 13 heteroatoms. The second kappa shape index (κ2) is 9.81. The van der Waals surface area contributed by atoms with E-state index in [4.69, 9.17) is 5.73 Å². The van der Waals surface area contributed by atoms with E-state index in [0.29, 0.717) is 5.92 Å². The topological polar surface area (TPSA) is 165 Å². The standard InChI is InChI=1S/C29H34F3N3O7/c1-11(12-5-6-12)35(4)10-14-9-17(36)19-15(21(14)29(30,31)32)7-13-8-16-22(34(2)3)24(38)20(27(33)41)26(40)28(16,42)25(39)18(13)23(19)37/h9,11-13,16,22,36,38-39,42H,5-8,10H2,1-4H3,(H2,33,41)/t11-,13+,16+,22+,28+/m1/s1. The van der Waals surface area contributed by atoms with Gasteiger partial charge < -0.3 is 26.2 Å². The van der Waals surface area contributed by atoms with Gasteiger partial charge in [0, 0.05) is 24.1 Å². The minimum absolute atomic E-state index is 0.00577. The Balaban J connectivity index is 1.68. The number of amides is 1. The van der Waals surface area contributed by atoms with Gasteiger partial charge in [0.15, 0.2) is 11.4 Å². The van der Waals surface area contributed by atoms with Crippen molar-refractivity contribution >= 4 is 17.5 Å². The molecule has 228 valence electrons. The lowest BCUT2D eigenvalue weighted by Gasteiger charge is -2.50. The zero-order chi connectivity index (χ0) is 31.2. The molecule has 42 heavy (non-hydrogen) atoms. The summed E-state index contributed by atoms with van der Waals surface area (Å²) in [6, 6.07) is -0.325. The predicted octanol–water partition coefficient (Wildman–Crippen LogP) is 2.37. The van der Waals surface area contributed by atoms with Gasteiger partial charge >= 0.3 is 6.18 Å². The molecule has 1 aromatic carbocycles. The Morgan fingerprint density at radius 1 is 1.17 bits per heavy atom. The zero-order valence-electron chi connectivity index (χ0n) is 23.6. The number of ketones is 2. The number of hydrogen-bond donors (Lipinski definition) is 5. The highest BCUT2D eigenvalue weighted by Gasteiger charge is 2.63. The molecule has 1 saturated carbocycles. The molecule has 10 nitrogen and oxygen atoms in total. The number of primary amides is 1. The summed E-state index contributed by atoms with van der Waals surface area (Å²) in [5, 5.41) is 44.7. The van der Waals surface area contributed by atoms with Crippen LogP contribution in [0.4, 0.5) is 13.2 Å². The molecule has 4 aliphatic carbocycles. The second-order valence-electron chi connectivity index (χ2n) is 12.2. The number of carbonyl (C=O) groups excluding carboxylic acids is 3. The van der Waals surface area contributed by atoms with Gasteiger partial charge in [0.2, 0.25) is 5.78 Å². The van der Waals surface area contributed by atoms with Crippen molar-refractivity contribution in [2.24, 2.45) is 23.5 Å². The van der Waals surface area contributed by atoms with Gasteiger partial charge in [-0.15, -0.1) is 0 Å². The van der Waals surface area contributed by atoms with Gasteiger partial charge in [-0.3, -0.25) is 24.2 Å². The Hall–Kier alpha value is -3.42. The molecule has 1 amide bonds. The molecule has 0 saturated heterocycles. The van der Waals surface area contributed by atoms with Crippen LogP contribution in [-0.2, 0) is 28.7 Å². The third-order valence-electron chi connectivity index (χ3n) is 9.51. The van der Waals surface area contributed by atoms with E-state index in [0.717, 1.165) is 18.9 Å². The van der Waals surface area contributed by atoms with E-state index in [-0.39, 0.29) is 24.6 Å². The molecule has 5 rings (SSSR count). The quantitative estimate of drug-likeness (QED) is 0.312. The number of aliphatic hydroxyl groups is 3. The highest BCUT2D eigenvalue weighted by molar-refractivity contribution is 6.24. The first kappa shape index (κ1) is 30.1. The molecule has 0 aliphatic heterocycles. The number of benzene rings is 1. The molecule has 0 unspecified atom stereocenters. The fraction of sp³-hybridized carbons (Fsp3) is 0.552. The van der Waals surface area contributed by atoms with Crippen molar-refractivity contribution in [1.29, 1.82) is 0 Å². The van der Waals surface area contributed by atoms with E-state index in [2.05, 4.69) is 0 Å². The van der Waals surface area contributed by atoms with E-state index in [1.54, 1.807) is 11.9 Å². The third kappa shape index (κ3) is 4.32. The van der Waals surface area contributed by atoms with E-state index in [1.807, 2.05) is 6.92 Å². The van der Waals surface area contributed by atoms with Gasteiger partial charge in [-0.2, -0.15) is 13.2 Å². The molecule has 0 radical (unpaired) electrons. The molecule has 0 heterocycles. The zero-order valence-corrected chi connectivity index (χ0v) is 23.6. The van der Waals surface area contributed by atoms with Crippen molar-refractivity contribution in [3.05, 3.63) is 51.0 Å². The molecule has 1 aromatic rings. The number of rotatable bonds is 6. The van der Waals surface area contributed by atoms with Gasteiger partial charge in [-0.25, -0.2) is 0 Å². The van der Waals surface area contributed by atoms with E-state index in [9.17, 15) is 48.0 Å². The molecular formula is C29H34F3N3O7. The number of Topliss-reactive ketones (excluding diaryl/α,β-unsaturated/α-hetero) is 2. The first-order valence-corrected chi connectivity index (χ1v) is 13.7. The van der Waals surface area contributed by atoms with Crippen LogP contribution in [-0.4, -0.2) is 86.5 Å². The Kier molecular flexibility index (Phi) is 7.02. The number of aliphatic hydroxyl groups excluding tert-OH is 2. The molecule has 0 aromatic heterocycles. The lowest BCUT2D eigenvalue weighted by atomic mass is 9.58. The molecule has 4 aliphatic rings. The number of phenolic OH excluding ortho intramolecular Hbond substituents is 1. The van der Waals surface area contributed by atoms with Crippen LogP contribution in [0.1, 0.15) is 53.2 Å². The number of phenols is 1. The number of alkyl halides is 3. The first-order valence-electron chi connectivity index (χ1n) is 13.7. The Morgan fingerprint density at radius 3 is 2.31 bits per heavy atom. The lowest BCUT2D eigenvalue weighted by Crippen LogP contribution is -2.63. The van der Waals surface area contributed by atoms with Gasteiger partial charge in [-0.05, 0) is 82.8 Å². The van der Waals surface area contributed by atoms with E-state index >= 15 is 0 Å². The highest BCUT2D eigenvalue weighted by Crippen LogP contribution is 2.54. The number of likely N-dealkylation sites (N-methyl/N-ethyl adjacent to an activating group) is 1. The first-order chi connectivity index (χ1) is 19.4. The molecule has 0 spiro atoms. The minimum atomic E-state index is -4.89. The maximum absolute atomic E-state index is 14.7. The van der Waals surface area contributed by atoms with Crippen LogP contribution in [0.3, 0.4) is 0 Å². The number of aromatic hydroxyl groups is 1. The number of fused-ring (bicyclic) bond motifs is 3. The lowest BCUT2D eigenvalue weighted by molar-refractivity contribution is -0.148. The number of allylic oxidation sites excluding steroid dienone is 1. The summed E-state index contributed by atoms with van der Waals surface area (Å²) in [6.07, 6.45) is -3.66. The Morgan fingerprint density at radius 2 is 1.79 bits per heavy atom. The fourth-order valence-corrected chi connectivity index (χ4v) is 7.22. The average Bonchev–Trinajstić information content (AvgIpc) is 3.70. The minimum Gasteiger partial charge on any atom is -0.510 e. The number of nitrogens with zero attached hydrogens (tertiary/aromatic N) is 2. The monoisotopic (exact) mass is 593 g/mol. The number of hydrogen-bond acceptors (Lipinski definition) is 9. The Labute approximate surface area is 239 Å². The van der Waals surface area contributed by atoms with Crippen LogP contribution in [0, 0.1) is 17.8 Å². The van der Waals surface area contributed by atoms with Gasteiger partial charge in [-0.1, -0.05) is 0 Å². The normalized spacial score (nSPS) is 28.7. The van der Waals surface area contributed by atoms with E-state index in [1.165, 1.54) is 19.0 Å². The summed E-state index contributed by atoms with van der Waals surface area (Å²) >= 11 is 0. The van der Waals surface area contributed by atoms with Crippen molar-refractivity contribution in [3.63, 3.8) is 0 Å². The van der Waals surface area contributed by atoms with E-state index < -0.39 is 98.7 Å². The molecule has 1 fully saturated rings.